The SMILES string of the molecule is CC1(C)OC(=NC(CCO[Si](C)(C)C(C)(C)C)c2ccccc2)NS(=O)(=O)C1(C)c1cccc(Br)c1. The van der Waals surface area contributed by atoms with Gasteiger partial charge in [-0.25, -0.2) is 18.1 Å². The minimum Gasteiger partial charge on any atom is -0.456 e. The lowest BCUT2D eigenvalue weighted by Gasteiger charge is -2.47. The van der Waals surface area contributed by atoms with Gasteiger partial charge in [-0.1, -0.05) is 79.2 Å². The molecule has 1 saturated heterocycles. The highest BCUT2D eigenvalue weighted by Crippen LogP contribution is 2.45. The summed E-state index contributed by atoms with van der Waals surface area (Å²) in [5.41, 5.74) is 0.524. The summed E-state index contributed by atoms with van der Waals surface area (Å²) in [6.45, 7) is 16.9. The quantitative estimate of drug-likeness (QED) is 0.353. The van der Waals surface area contributed by atoms with Crippen molar-refractivity contribution < 1.29 is 17.6 Å². The normalized spacial score (nSPS) is 23.5. The number of sulfonamides is 1. The molecule has 6 nitrogen and oxygen atoms in total. The number of nitrogens with zero attached hydrogens (tertiary/aromatic N) is 1. The minimum atomic E-state index is -3.89. The van der Waals surface area contributed by atoms with E-state index in [4.69, 9.17) is 14.2 Å². The predicted molar refractivity (Wildman–Crippen MR) is 153 cm³/mol. The van der Waals surface area contributed by atoms with Gasteiger partial charge in [-0.15, -0.1) is 0 Å². The van der Waals surface area contributed by atoms with Crippen molar-refractivity contribution in [1.82, 2.24) is 4.72 Å². The Morgan fingerprint density at radius 1 is 1.08 bits per heavy atom. The Balaban J connectivity index is 1.93. The third-order valence-corrected chi connectivity index (χ3v) is 15.0. The summed E-state index contributed by atoms with van der Waals surface area (Å²) in [6.07, 6.45) is 0.606. The molecule has 1 aliphatic rings. The molecule has 198 valence electrons. The summed E-state index contributed by atoms with van der Waals surface area (Å²) < 4.78 is 42.2. The number of halogens is 1. The van der Waals surface area contributed by atoms with Crippen LogP contribution in [0.4, 0.5) is 0 Å². The van der Waals surface area contributed by atoms with E-state index in [0.717, 1.165) is 10.0 Å². The van der Waals surface area contributed by atoms with Crippen molar-refractivity contribution in [2.24, 2.45) is 4.99 Å². The Labute approximate surface area is 226 Å². The molecule has 2 atom stereocenters. The molecule has 0 amide bonds. The maximum atomic E-state index is 13.7. The standard InChI is InChI=1S/C27H39BrN2O4SSi/c1-25(2,3)36(7,8)33-18-17-23(20-13-10-9-11-14-20)29-24-30-35(31,32)27(6,26(4,5)34-24)21-15-12-16-22(28)19-21/h9-16,19,23H,17-18H2,1-8H3,(H,29,30). The van der Waals surface area contributed by atoms with Crippen LogP contribution in [-0.4, -0.2) is 35.0 Å². The summed E-state index contributed by atoms with van der Waals surface area (Å²) >= 11 is 3.46. The van der Waals surface area contributed by atoms with Crippen molar-refractivity contribution in [3.63, 3.8) is 0 Å². The van der Waals surface area contributed by atoms with Gasteiger partial charge >= 0.3 is 0 Å². The van der Waals surface area contributed by atoms with E-state index in [0.29, 0.717) is 18.6 Å². The molecule has 1 heterocycles. The van der Waals surface area contributed by atoms with Gasteiger partial charge in [0.15, 0.2) is 13.1 Å². The van der Waals surface area contributed by atoms with Gasteiger partial charge in [0.1, 0.15) is 5.60 Å². The first-order chi connectivity index (χ1) is 16.5. The molecular formula is C27H39BrN2O4SSi. The molecule has 1 N–H and O–H groups in total. The molecule has 2 aromatic carbocycles. The molecule has 36 heavy (non-hydrogen) atoms. The number of hydrogen-bond donors (Lipinski definition) is 1. The van der Waals surface area contributed by atoms with Crippen molar-refractivity contribution in [2.75, 3.05) is 6.61 Å². The molecule has 0 bridgehead atoms. The molecule has 1 fully saturated rings. The van der Waals surface area contributed by atoms with Crippen molar-refractivity contribution in [1.29, 1.82) is 0 Å². The average molecular weight is 596 g/mol. The molecule has 0 spiro atoms. The van der Waals surface area contributed by atoms with Crippen LogP contribution < -0.4 is 4.72 Å². The molecule has 0 aromatic heterocycles. The van der Waals surface area contributed by atoms with Gasteiger partial charge in [-0.3, -0.25) is 0 Å². The van der Waals surface area contributed by atoms with Crippen molar-refractivity contribution in [3.05, 3.63) is 70.2 Å². The molecule has 2 aromatic rings. The van der Waals surface area contributed by atoms with Gasteiger partial charge in [-0.05, 0) is 68.6 Å². The highest BCUT2D eigenvalue weighted by molar-refractivity contribution is 9.10. The molecular weight excluding hydrogens is 556 g/mol. The van der Waals surface area contributed by atoms with E-state index in [1.807, 2.05) is 54.6 Å². The lowest BCUT2D eigenvalue weighted by molar-refractivity contribution is 0.0381. The van der Waals surface area contributed by atoms with Gasteiger partial charge in [0.2, 0.25) is 10.0 Å². The third-order valence-electron chi connectivity index (χ3n) is 7.75. The molecule has 3 rings (SSSR count). The van der Waals surface area contributed by atoms with E-state index in [1.54, 1.807) is 20.8 Å². The van der Waals surface area contributed by atoms with E-state index in [-0.39, 0.29) is 17.1 Å². The third kappa shape index (κ3) is 5.74. The number of ether oxygens (including phenoxy) is 1. The Kier molecular flexibility index (Phi) is 8.21. The molecule has 2 unspecified atom stereocenters. The maximum absolute atomic E-state index is 13.7. The second-order valence-corrected chi connectivity index (χ2v) is 19.3. The summed E-state index contributed by atoms with van der Waals surface area (Å²) in [5, 5.41) is 0.101. The zero-order valence-electron chi connectivity index (χ0n) is 22.6. The van der Waals surface area contributed by atoms with Crippen LogP contribution in [0.15, 0.2) is 64.1 Å². The van der Waals surface area contributed by atoms with Gasteiger partial charge in [0, 0.05) is 11.1 Å². The van der Waals surface area contributed by atoms with Crippen LogP contribution in [0.25, 0.3) is 0 Å². The van der Waals surface area contributed by atoms with Crippen LogP contribution in [0, 0.1) is 0 Å². The number of aliphatic imine (C=N–C) groups is 1. The first-order valence-corrected chi connectivity index (χ1v) is 17.4. The Hall–Kier alpha value is -1.68. The minimum absolute atomic E-state index is 0.00801. The molecule has 0 saturated carbocycles. The highest BCUT2D eigenvalue weighted by atomic mass is 79.9. The Morgan fingerprint density at radius 2 is 1.72 bits per heavy atom. The topological polar surface area (TPSA) is 77.0 Å². The summed E-state index contributed by atoms with van der Waals surface area (Å²) in [6, 6.07) is 16.9. The lowest BCUT2D eigenvalue weighted by atomic mass is 9.85. The fourth-order valence-electron chi connectivity index (χ4n) is 4.01. The van der Waals surface area contributed by atoms with E-state index < -0.39 is 28.7 Å². The van der Waals surface area contributed by atoms with Crippen LogP contribution in [-0.2, 0) is 23.9 Å². The first-order valence-electron chi connectivity index (χ1n) is 12.2. The summed E-state index contributed by atoms with van der Waals surface area (Å²) in [5.74, 6) is 0. The monoisotopic (exact) mass is 594 g/mol. The van der Waals surface area contributed by atoms with Crippen LogP contribution in [0.3, 0.4) is 0 Å². The van der Waals surface area contributed by atoms with Crippen molar-refractivity contribution >= 4 is 40.3 Å². The maximum Gasteiger partial charge on any atom is 0.299 e. The number of benzene rings is 2. The first kappa shape index (κ1) is 28.9. The van der Waals surface area contributed by atoms with E-state index in [9.17, 15) is 8.42 Å². The zero-order valence-corrected chi connectivity index (χ0v) is 26.0. The van der Waals surface area contributed by atoms with Crippen LogP contribution in [0.1, 0.15) is 65.1 Å². The predicted octanol–water partition coefficient (Wildman–Crippen LogP) is 6.90. The molecule has 1 aliphatic heterocycles. The second-order valence-electron chi connectivity index (χ2n) is 11.5. The zero-order chi connectivity index (χ0) is 27.0. The van der Waals surface area contributed by atoms with Crippen molar-refractivity contribution in [3.8, 4) is 0 Å². The van der Waals surface area contributed by atoms with Gasteiger partial charge < -0.3 is 9.16 Å². The van der Waals surface area contributed by atoms with Gasteiger partial charge in [-0.2, -0.15) is 0 Å². The lowest BCUT2D eigenvalue weighted by Crippen LogP contribution is -2.63. The summed E-state index contributed by atoms with van der Waals surface area (Å²) in [7, 11) is -5.82. The average Bonchev–Trinajstić information content (AvgIpc) is 2.76. The molecule has 9 heteroatoms. The number of nitrogens with one attached hydrogen (secondary N) is 1. The van der Waals surface area contributed by atoms with Gasteiger partial charge in [0.25, 0.3) is 6.02 Å². The number of hydrogen-bond acceptors (Lipinski definition) is 5. The van der Waals surface area contributed by atoms with Crippen LogP contribution >= 0.6 is 15.9 Å². The molecule has 0 radical (unpaired) electrons. The summed E-state index contributed by atoms with van der Waals surface area (Å²) in [4.78, 5) is 4.79. The van der Waals surface area contributed by atoms with Crippen LogP contribution in [0.5, 0.6) is 0 Å². The van der Waals surface area contributed by atoms with E-state index in [2.05, 4.69) is 54.5 Å². The van der Waals surface area contributed by atoms with E-state index in [1.165, 1.54) is 0 Å². The van der Waals surface area contributed by atoms with Crippen molar-refractivity contribution in [2.45, 2.75) is 82.5 Å². The fraction of sp³-hybridized carbons (Fsp3) is 0.519. The Bertz CT molecular complexity index is 1210. The number of rotatable bonds is 7. The number of amidine groups is 1. The van der Waals surface area contributed by atoms with Crippen LogP contribution in [0.2, 0.25) is 18.1 Å². The molecule has 0 aliphatic carbocycles. The highest BCUT2D eigenvalue weighted by Gasteiger charge is 2.59. The smallest absolute Gasteiger partial charge is 0.299 e. The van der Waals surface area contributed by atoms with E-state index >= 15 is 0 Å². The fourth-order valence-corrected chi connectivity index (χ4v) is 7.12. The Morgan fingerprint density at radius 3 is 2.28 bits per heavy atom. The largest absolute Gasteiger partial charge is 0.456 e. The van der Waals surface area contributed by atoms with Gasteiger partial charge in [0.05, 0.1) is 6.04 Å². The second kappa shape index (κ2) is 10.2.